The fourth-order valence-corrected chi connectivity index (χ4v) is 2.30. The maximum absolute atomic E-state index is 9.85. The maximum atomic E-state index is 9.85. The van der Waals surface area contributed by atoms with Crippen LogP contribution in [0.1, 0.15) is 12.0 Å². The summed E-state index contributed by atoms with van der Waals surface area (Å²) in [5.41, 5.74) is 1.29. The fraction of sp³-hybridized carbons (Fsp3) is 0.538. The Labute approximate surface area is 96.6 Å². The van der Waals surface area contributed by atoms with Crippen LogP contribution < -0.4 is 0 Å². The Morgan fingerprint density at radius 3 is 2.81 bits per heavy atom. The number of aliphatic hydroxyl groups excluding tert-OH is 1. The second-order valence-corrected chi connectivity index (χ2v) is 4.33. The summed E-state index contributed by atoms with van der Waals surface area (Å²) in [4.78, 5) is 2.30. The van der Waals surface area contributed by atoms with E-state index in [9.17, 15) is 5.11 Å². The van der Waals surface area contributed by atoms with Crippen LogP contribution in [0.15, 0.2) is 30.3 Å². The Morgan fingerprint density at radius 2 is 2.12 bits per heavy atom. The molecule has 3 heteroatoms. The smallest absolute Gasteiger partial charge is 0.0730 e. The SMILES string of the molecule is COC[C@H]1[C@H](O)CCN1Cc1ccccc1. The minimum atomic E-state index is -0.247. The number of hydrogen-bond donors (Lipinski definition) is 1. The lowest BCUT2D eigenvalue weighted by Gasteiger charge is -2.25. The molecule has 1 heterocycles. The van der Waals surface area contributed by atoms with E-state index in [0.717, 1.165) is 19.5 Å². The van der Waals surface area contributed by atoms with Crippen molar-refractivity contribution in [3.8, 4) is 0 Å². The molecule has 0 amide bonds. The molecule has 1 aromatic rings. The van der Waals surface area contributed by atoms with Crippen LogP contribution in [0.3, 0.4) is 0 Å². The molecule has 0 saturated carbocycles. The summed E-state index contributed by atoms with van der Waals surface area (Å²) in [5.74, 6) is 0. The molecular formula is C13H19NO2. The van der Waals surface area contributed by atoms with Gasteiger partial charge in [-0.1, -0.05) is 30.3 Å². The van der Waals surface area contributed by atoms with Gasteiger partial charge < -0.3 is 9.84 Å². The van der Waals surface area contributed by atoms with Gasteiger partial charge in [-0.05, 0) is 12.0 Å². The van der Waals surface area contributed by atoms with Crippen LogP contribution in [0.4, 0.5) is 0 Å². The summed E-state index contributed by atoms with van der Waals surface area (Å²) >= 11 is 0. The molecule has 88 valence electrons. The molecule has 1 aromatic carbocycles. The second kappa shape index (κ2) is 5.43. The van der Waals surface area contributed by atoms with Gasteiger partial charge in [-0.15, -0.1) is 0 Å². The normalized spacial score (nSPS) is 26.1. The summed E-state index contributed by atoms with van der Waals surface area (Å²) in [6.45, 7) is 2.45. The third-order valence-electron chi connectivity index (χ3n) is 3.19. The Kier molecular flexibility index (Phi) is 3.93. The third-order valence-corrected chi connectivity index (χ3v) is 3.19. The van der Waals surface area contributed by atoms with Gasteiger partial charge >= 0.3 is 0 Å². The number of ether oxygens (including phenoxy) is 1. The molecule has 2 atom stereocenters. The highest BCUT2D eigenvalue weighted by atomic mass is 16.5. The standard InChI is InChI=1S/C13H19NO2/c1-16-10-12-13(15)7-8-14(12)9-11-5-3-2-4-6-11/h2-6,12-13,15H,7-10H2,1H3/t12-,13+/m0/s1. The highest BCUT2D eigenvalue weighted by Gasteiger charge is 2.32. The lowest BCUT2D eigenvalue weighted by atomic mass is 10.1. The molecule has 2 rings (SSSR count). The van der Waals surface area contributed by atoms with Gasteiger partial charge in [0, 0.05) is 20.2 Å². The number of rotatable bonds is 4. The zero-order valence-electron chi connectivity index (χ0n) is 9.67. The maximum Gasteiger partial charge on any atom is 0.0730 e. The van der Waals surface area contributed by atoms with E-state index in [1.54, 1.807) is 7.11 Å². The number of benzene rings is 1. The molecule has 1 saturated heterocycles. The van der Waals surface area contributed by atoms with Gasteiger partial charge in [-0.3, -0.25) is 4.90 Å². The van der Waals surface area contributed by atoms with Gasteiger partial charge in [0.25, 0.3) is 0 Å². The minimum Gasteiger partial charge on any atom is -0.391 e. The molecule has 0 bridgehead atoms. The molecule has 0 radical (unpaired) electrons. The molecule has 1 N–H and O–H groups in total. The number of hydrogen-bond acceptors (Lipinski definition) is 3. The summed E-state index contributed by atoms with van der Waals surface area (Å²) in [6, 6.07) is 10.5. The first-order valence-corrected chi connectivity index (χ1v) is 5.76. The summed E-state index contributed by atoms with van der Waals surface area (Å²) < 4.78 is 5.16. The summed E-state index contributed by atoms with van der Waals surface area (Å²) in [6.07, 6.45) is 0.601. The van der Waals surface area contributed by atoms with Crippen LogP contribution in [0.5, 0.6) is 0 Å². The van der Waals surface area contributed by atoms with Crippen LogP contribution in [0.25, 0.3) is 0 Å². The molecule has 0 aromatic heterocycles. The van der Waals surface area contributed by atoms with Gasteiger partial charge in [-0.25, -0.2) is 0 Å². The number of methoxy groups -OCH3 is 1. The average molecular weight is 221 g/mol. The minimum absolute atomic E-state index is 0.144. The first-order chi connectivity index (χ1) is 7.81. The predicted octanol–water partition coefficient (Wildman–Crippen LogP) is 1.27. The van der Waals surface area contributed by atoms with Gasteiger partial charge in [0.05, 0.1) is 18.8 Å². The lowest BCUT2D eigenvalue weighted by molar-refractivity contribution is 0.0481. The van der Waals surface area contributed by atoms with Gasteiger partial charge in [-0.2, -0.15) is 0 Å². The van der Waals surface area contributed by atoms with E-state index >= 15 is 0 Å². The highest BCUT2D eigenvalue weighted by molar-refractivity contribution is 5.15. The largest absolute Gasteiger partial charge is 0.391 e. The molecule has 0 unspecified atom stereocenters. The zero-order valence-corrected chi connectivity index (χ0v) is 9.67. The number of nitrogens with zero attached hydrogens (tertiary/aromatic N) is 1. The van der Waals surface area contributed by atoms with Crippen molar-refractivity contribution >= 4 is 0 Å². The van der Waals surface area contributed by atoms with Crippen LogP contribution in [-0.2, 0) is 11.3 Å². The monoisotopic (exact) mass is 221 g/mol. The molecule has 16 heavy (non-hydrogen) atoms. The lowest BCUT2D eigenvalue weighted by Crippen LogP contribution is -2.38. The van der Waals surface area contributed by atoms with Crippen molar-refractivity contribution in [2.45, 2.75) is 25.1 Å². The van der Waals surface area contributed by atoms with E-state index in [0.29, 0.717) is 6.61 Å². The van der Waals surface area contributed by atoms with E-state index in [1.807, 2.05) is 18.2 Å². The Bertz CT molecular complexity index is 315. The van der Waals surface area contributed by atoms with Crippen LogP contribution in [0, 0.1) is 0 Å². The van der Waals surface area contributed by atoms with Crippen molar-refractivity contribution in [3.05, 3.63) is 35.9 Å². The second-order valence-electron chi connectivity index (χ2n) is 4.33. The van der Waals surface area contributed by atoms with Gasteiger partial charge in [0.2, 0.25) is 0 Å². The van der Waals surface area contributed by atoms with E-state index < -0.39 is 0 Å². The Morgan fingerprint density at radius 1 is 1.38 bits per heavy atom. The average Bonchev–Trinajstić information content (AvgIpc) is 2.64. The van der Waals surface area contributed by atoms with Crippen LogP contribution >= 0.6 is 0 Å². The van der Waals surface area contributed by atoms with Crippen molar-refractivity contribution in [2.75, 3.05) is 20.3 Å². The van der Waals surface area contributed by atoms with E-state index in [1.165, 1.54) is 5.56 Å². The number of likely N-dealkylation sites (tertiary alicyclic amines) is 1. The van der Waals surface area contributed by atoms with Crippen molar-refractivity contribution in [2.24, 2.45) is 0 Å². The fourth-order valence-electron chi connectivity index (χ4n) is 2.30. The van der Waals surface area contributed by atoms with Crippen molar-refractivity contribution in [1.29, 1.82) is 0 Å². The molecular weight excluding hydrogens is 202 g/mol. The van der Waals surface area contributed by atoms with E-state index in [-0.39, 0.29) is 12.1 Å². The van der Waals surface area contributed by atoms with Crippen molar-refractivity contribution < 1.29 is 9.84 Å². The van der Waals surface area contributed by atoms with Crippen LogP contribution in [0.2, 0.25) is 0 Å². The van der Waals surface area contributed by atoms with Crippen LogP contribution in [-0.4, -0.2) is 42.4 Å². The summed E-state index contributed by atoms with van der Waals surface area (Å²) in [5, 5.41) is 9.85. The number of aliphatic hydroxyl groups is 1. The van der Waals surface area contributed by atoms with Crippen molar-refractivity contribution in [1.82, 2.24) is 4.90 Å². The predicted molar refractivity (Wildman–Crippen MR) is 63.1 cm³/mol. The van der Waals surface area contributed by atoms with Gasteiger partial charge in [0.1, 0.15) is 0 Å². The Hall–Kier alpha value is -0.900. The van der Waals surface area contributed by atoms with Crippen molar-refractivity contribution in [3.63, 3.8) is 0 Å². The topological polar surface area (TPSA) is 32.7 Å². The molecule has 1 fully saturated rings. The molecule has 1 aliphatic rings. The van der Waals surface area contributed by atoms with E-state index in [2.05, 4.69) is 17.0 Å². The quantitative estimate of drug-likeness (QED) is 0.831. The highest BCUT2D eigenvalue weighted by Crippen LogP contribution is 2.20. The first kappa shape index (κ1) is 11.6. The summed E-state index contributed by atoms with van der Waals surface area (Å²) in [7, 11) is 1.69. The molecule has 0 aliphatic carbocycles. The third kappa shape index (κ3) is 2.61. The molecule has 0 spiro atoms. The van der Waals surface area contributed by atoms with E-state index in [4.69, 9.17) is 4.74 Å². The zero-order chi connectivity index (χ0) is 11.4. The first-order valence-electron chi connectivity index (χ1n) is 5.76. The molecule has 3 nitrogen and oxygen atoms in total. The van der Waals surface area contributed by atoms with Gasteiger partial charge in [0.15, 0.2) is 0 Å². The Balaban J connectivity index is 1.99. The molecule has 1 aliphatic heterocycles.